The van der Waals surface area contributed by atoms with Crippen LogP contribution in [0.1, 0.15) is 35.1 Å². The van der Waals surface area contributed by atoms with Gasteiger partial charge in [-0.05, 0) is 50.2 Å². The summed E-state index contributed by atoms with van der Waals surface area (Å²) in [5.41, 5.74) is 0.668. The van der Waals surface area contributed by atoms with Crippen molar-refractivity contribution in [3.63, 3.8) is 0 Å². The van der Waals surface area contributed by atoms with Crippen molar-refractivity contribution in [1.82, 2.24) is 15.3 Å². The van der Waals surface area contributed by atoms with Crippen LogP contribution in [0.4, 0.5) is 5.13 Å². The average Bonchev–Trinajstić information content (AvgIpc) is 3.38. The molecule has 0 aromatic carbocycles. The van der Waals surface area contributed by atoms with Crippen LogP contribution >= 0.6 is 35.1 Å². The number of nitrogens with one attached hydrogen (secondary N) is 2. The molecule has 0 unspecified atom stereocenters. The average molecular weight is 425 g/mol. The van der Waals surface area contributed by atoms with E-state index in [2.05, 4.69) is 20.6 Å². The number of nitrogens with zero attached hydrogens (tertiary/aromatic N) is 2. The van der Waals surface area contributed by atoms with Crippen LogP contribution in [0.15, 0.2) is 28.1 Å². The van der Waals surface area contributed by atoms with Gasteiger partial charge < -0.3 is 15.1 Å². The van der Waals surface area contributed by atoms with Crippen molar-refractivity contribution < 1.29 is 9.21 Å². The number of oxazole rings is 1. The Morgan fingerprint density at radius 3 is 2.96 bits per heavy atom. The molecule has 0 saturated carbocycles. The third-order valence-corrected chi connectivity index (χ3v) is 6.40. The zero-order valence-corrected chi connectivity index (χ0v) is 17.3. The van der Waals surface area contributed by atoms with E-state index in [4.69, 9.17) is 4.42 Å². The van der Waals surface area contributed by atoms with Crippen LogP contribution in [-0.4, -0.2) is 29.0 Å². The highest BCUT2D eigenvalue weighted by molar-refractivity contribution is 7.15. The van der Waals surface area contributed by atoms with Crippen LogP contribution in [0.3, 0.4) is 0 Å². The number of carbonyl (C=O) groups excluding carboxylic acids is 1. The molecule has 4 rings (SSSR count). The molecule has 1 aliphatic heterocycles. The molecule has 1 saturated heterocycles. The molecule has 1 aliphatic rings. The Morgan fingerprint density at radius 2 is 2.22 bits per heavy atom. The number of aromatic nitrogens is 2. The second-order valence-corrected chi connectivity index (χ2v) is 8.33. The number of piperidine rings is 1. The molecule has 1 fully saturated rings. The first kappa shape index (κ1) is 20.0. The van der Waals surface area contributed by atoms with Crippen molar-refractivity contribution in [3.05, 3.63) is 40.0 Å². The largest absolute Gasteiger partial charge is 0.440 e. The minimum Gasteiger partial charge on any atom is -0.440 e. The normalized spacial score (nSPS) is 14.7. The van der Waals surface area contributed by atoms with Gasteiger partial charge in [-0.15, -0.1) is 35.1 Å². The van der Waals surface area contributed by atoms with Gasteiger partial charge in [0, 0.05) is 11.1 Å². The fourth-order valence-electron chi connectivity index (χ4n) is 3.05. The van der Waals surface area contributed by atoms with Gasteiger partial charge in [-0.1, -0.05) is 6.07 Å². The second-order valence-electron chi connectivity index (χ2n) is 6.32. The maximum atomic E-state index is 12.4. The zero-order chi connectivity index (χ0) is 17.9. The van der Waals surface area contributed by atoms with Crippen molar-refractivity contribution in [2.45, 2.75) is 32.1 Å². The number of hydrogen-bond acceptors (Lipinski definition) is 7. The number of anilines is 1. The van der Waals surface area contributed by atoms with E-state index in [-0.39, 0.29) is 24.7 Å². The number of amides is 1. The highest BCUT2D eigenvalue weighted by Crippen LogP contribution is 2.32. The van der Waals surface area contributed by atoms with Crippen LogP contribution in [0.5, 0.6) is 0 Å². The van der Waals surface area contributed by atoms with E-state index in [1.165, 1.54) is 4.88 Å². The van der Waals surface area contributed by atoms with E-state index in [1.54, 1.807) is 22.7 Å². The molecule has 1 amide bonds. The van der Waals surface area contributed by atoms with Crippen molar-refractivity contribution in [2.24, 2.45) is 0 Å². The number of thiophene rings is 1. The molecule has 9 heteroatoms. The van der Waals surface area contributed by atoms with Crippen LogP contribution in [0, 0.1) is 6.92 Å². The van der Waals surface area contributed by atoms with Crippen LogP contribution in [-0.2, 0) is 11.2 Å². The predicted octanol–water partition coefficient (Wildman–Crippen LogP) is 4.24. The molecule has 2 N–H and O–H groups in total. The minimum atomic E-state index is -0.120. The molecule has 0 atom stereocenters. The van der Waals surface area contributed by atoms with Crippen LogP contribution < -0.4 is 10.6 Å². The summed E-state index contributed by atoms with van der Waals surface area (Å²) >= 11 is 3.14. The summed E-state index contributed by atoms with van der Waals surface area (Å²) in [5.74, 6) is 1.68. The number of halogens is 1. The summed E-state index contributed by atoms with van der Waals surface area (Å²) < 4.78 is 5.69. The molecule has 4 heterocycles. The van der Waals surface area contributed by atoms with Crippen molar-refractivity contribution >= 4 is 46.1 Å². The molecule has 144 valence electrons. The van der Waals surface area contributed by atoms with E-state index >= 15 is 0 Å². The molecule has 0 radical (unpaired) electrons. The lowest BCUT2D eigenvalue weighted by Crippen LogP contribution is -2.26. The second kappa shape index (κ2) is 8.97. The highest BCUT2D eigenvalue weighted by Gasteiger charge is 2.19. The van der Waals surface area contributed by atoms with Crippen molar-refractivity contribution in [1.29, 1.82) is 0 Å². The topological polar surface area (TPSA) is 80.1 Å². The van der Waals surface area contributed by atoms with Crippen LogP contribution in [0.25, 0.3) is 10.8 Å². The highest BCUT2D eigenvalue weighted by atomic mass is 35.5. The third kappa shape index (κ3) is 4.76. The van der Waals surface area contributed by atoms with Gasteiger partial charge in [0.1, 0.15) is 5.76 Å². The first-order valence-corrected chi connectivity index (χ1v) is 10.3. The number of carbonyl (C=O) groups is 1. The summed E-state index contributed by atoms with van der Waals surface area (Å²) in [4.78, 5) is 23.4. The molecule has 3 aromatic heterocycles. The summed E-state index contributed by atoms with van der Waals surface area (Å²) in [5, 5.41) is 8.89. The Balaban J connectivity index is 0.00000210. The molecule has 27 heavy (non-hydrogen) atoms. The maximum Gasteiger partial charge on any atom is 0.236 e. The van der Waals surface area contributed by atoms with Gasteiger partial charge in [0.05, 0.1) is 17.0 Å². The Morgan fingerprint density at radius 1 is 1.41 bits per heavy atom. The van der Waals surface area contributed by atoms with E-state index in [1.807, 2.05) is 30.6 Å². The summed E-state index contributed by atoms with van der Waals surface area (Å²) in [7, 11) is 0. The van der Waals surface area contributed by atoms with Gasteiger partial charge in [0.15, 0.2) is 5.13 Å². The molecular weight excluding hydrogens is 404 g/mol. The van der Waals surface area contributed by atoms with Crippen LogP contribution in [0.2, 0.25) is 0 Å². The van der Waals surface area contributed by atoms with E-state index in [0.717, 1.165) is 30.8 Å². The smallest absolute Gasteiger partial charge is 0.236 e. The van der Waals surface area contributed by atoms with Gasteiger partial charge in [-0.25, -0.2) is 9.97 Å². The van der Waals surface area contributed by atoms with Gasteiger partial charge in [-0.3, -0.25) is 4.79 Å². The maximum absolute atomic E-state index is 12.4. The zero-order valence-electron chi connectivity index (χ0n) is 14.9. The lowest BCUT2D eigenvalue weighted by atomic mass is 9.97. The first-order chi connectivity index (χ1) is 12.7. The van der Waals surface area contributed by atoms with Gasteiger partial charge >= 0.3 is 0 Å². The molecular formula is C18H21ClN4O2S2. The summed E-state index contributed by atoms with van der Waals surface area (Å²) in [6.45, 7) is 3.93. The standard InChI is InChI=1S/C18H20N4O2S2.ClH/c1-11-13(21-17(24-11)14-3-2-8-25-14)9-16(23)22-18-20-10-15(26-18)12-4-6-19-7-5-12;/h2-3,8,10,12,19H,4-7,9H2,1H3,(H,20,22,23);1H. The molecule has 0 spiro atoms. The summed E-state index contributed by atoms with van der Waals surface area (Å²) in [6, 6.07) is 3.91. The fraction of sp³-hybridized carbons (Fsp3) is 0.389. The molecule has 3 aromatic rings. The third-order valence-electron chi connectivity index (χ3n) is 4.46. The van der Waals surface area contributed by atoms with Gasteiger partial charge in [-0.2, -0.15) is 0 Å². The Labute approximate surface area is 171 Å². The monoisotopic (exact) mass is 424 g/mol. The number of aryl methyl sites for hydroxylation is 1. The minimum absolute atomic E-state index is 0. The summed E-state index contributed by atoms with van der Waals surface area (Å²) in [6.07, 6.45) is 4.33. The number of thiazole rings is 1. The fourth-order valence-corrected chi connectivity index (χ4v) is 4.70. The van der Waals surface area contributed by atoms with E-state index in [0.29, 0.717) is 28.4 Å². The van der Waals surface area contributed by atoms with Crippen molar-refractivity contribution in [2.75, 3.05) is 18.4 Å². The van der Waals surface area contributed by atoms with E-state index < -0.39 is 0 Å². The first-order valence-electron chi connectivity index (χ1n) is 8.65. The predicted molar refractivity (Wildman–Crippen MR) is 111 cm³/mol. The lowest BCUT2D eigenvalue weighted by Gasteiger charge is -2.20. The number of rotatable bonds is 5. The SMILES string of the molecule is Cc1oc(-c2cccs2)nc1CC(=O)Nc1ncc(C2CCNCC2)s1.Cl. The van der Waals surface area contributed by atoms with Crippen molar-refractivity contribution in [3.8, 4) is 10.8 Å². The Hall–Kier alpha value is -1.74. The lowest BCUT2D eigenvalue weighted by molar-refractivity contribution is -0.115. The van der Waals surface area contributed by atoms with E-state index in [9.17, 15) is 4.79 Å². The van der Waals surface area contributed by atoms with Gasteiger partial charge in [0.2, 0.25) is 11.8 Å². The molecule has 0 bridgehead atoms. The molecule has 0 aliphatic carbocycles. The Kier molecular flexibility index (Phi) is 6.64. The molecule has 6 nitrogen and oxygen atoms in total. The quantitative estimate of drug-likeness (QED) is 0.640. The Bertz CT molecular complexity index is 885. The number of hydrogen-bond donors (Lipinski definition) is 2. The van der Waals surface area contributed by atoms with Gasteiger partial charge in [0.25, 0.3) is 0 Å².